The molecule has 0 heterocycles. The monoisotopic (exact) mass is 326 g/mol. The number of hydrogen-bond acceptors (Lipinski definition) is 5. The molecule has 0 radical (unpaired) electrons. The van der Waals surface area contributed by atoms with Crippen molar-refractivity contribution in [2.24, 2.45) is 0 Å². The number of rotatable bonds is 6. The molecule has 0 bridgehead atoms. The zero-order valence-electron chi connectivity index (χ0n) is 10.6. The van der Waals surface area contributed by atoms with Gasteiger partial charge in [-0.3, -0.25) is 14.1 Å². The van der Waals surface area contributed by atoms with Gasteiger partial charge in [0, 0.05) is 0 Å². The molecule has 1 aromatic rings. The maximum absolute atomic E-state index is 11.7. The fourth-order valence-corrected chi connectivity index (χ4v) is 2.18. The maximum atomic E-state index is 11.7. The molecule has 1 rings (SSSR count). The zero-order chi connectivity index (χ0) is 15.3. The van der Waals surface area contributed by atoms with E-state index in [-0.39, 0.29) is 35.3 Å². The molecule has 0 fully saturated rings. The number of aliphatic carboxylic acids is 1. The quantitative estimate of drug-likeness (QED) is 0.333. The van der Waals surface area contributed by atoms with Crippen molar-refractivity contribution >= 4 is 51.6 Å². The minimum absolute atomic E-state index is 0. The Morgan fingerprint density at radius 2 is 1.86 bits per heavy atom. The number of aryl methyl sites for hydroxylation is 1. The van der Waals surface area contributed by atoms with Gasteiger partial charge in [0.1, 0.15) is 5.75 Å². The average Bonchev–Trinajstić information content (AvgIpc) is 2.35. The van der Waals surface area contributed by atoms with Gasteiger partial charge in [-0.2, -0.15) is 8.42 Å². The van der Waals surface area contributed by atoms with Crippen LogP contribution in [0.3, 0.4) is 0 Å². The second-order valence-electron chi connectivity index (χ2n) is 3.98. The summed E-state index contributed by atoms with van der Waals surface area (Å²) in [4.78, 5) is 22.3. The third-order valence-electron chi connectivity index (χ3n) is 2.55. The summed E-state index contributed by atoms with van der Waals surface area (Å²) < 4.78 is 35.9. The molecule has 0 aliphatic rings. The van der Waals surface area contributed by atoms with Gasteiger partial charge in [-0.1, -0.05) is 25.1 Å². The molecule has 0 spiro atoms. The minimum atomic E-state index is -4.85. The van der Waals surface area contributed by atoms with E-state index in [9.17, 15) is 18.0 Å². The van der Waals surface area contributed by atoms with Gasteiger partial charge < -0.3 is 9.84 Å². The first-order chi connectivity index (χ1) is 9.25. The molecule has 0 amide bonds. The van der Waals surface area contributed by atoms with Crippen molar-refractivity contribution in [2.75, 3.05) is 0 Å². The first-order valence-corrected chi connectivity index (χ1v) is 7.23. The van der Waals surface area contributed by atoms with E-state index in [0.29, 0.717) is 12.0 Å². The second kappa shape index (κ2) is 8.50. The molecule has 1 aromatic carbocycles. The molecule has 1 atom stereocenters. The van der Waals surface area contributed by atoms with Crippen molar-refractivity contribution in [1.29, 1.82) is 0 Å². The number of carboxylic acids is 1. The van der Waals surface area contributed by atoms with Gasteiger partial charge in [0.15, 0.2) is 5.25 Å². The molecule has 0 aliphatic heterocycles. The van der Waals surface area contributed by atoms with Crippen molar-refractivity contribution in [3.05, 3.63) is 29.8 Å². The van der Waals surface area contributed by atoms with Crippen LogP contribution in [0, 0.1) is 0 Å². The van der Waals surface area contributed by atoms with Gasteiger partial charge in [-0.15, -0.1) is 0 Å². The van der Waals surface area contributed by atoms with E-state index in [0.717, 1.165) is 0 Å². The molecule has 0 aliphatic carbocycles. The number of carboxylic acid groups (broad SMARTS) is 1. The van der Waals surface area contributed by atoms with Gasteiger partial charge in [-0.05, 0) is 18.1 Å². The summed E-state index contributed by atoms with van der Waals surface area (Å²) in [7, 11) is -4.85. The molecule has 2 N–H and O–H groups in total. The van der Waals surface area contributed by atoms with Crippen molar-refractivity contribution in [2.45, 2.75) is 25.0 Å². The summed E-state index contributed by atoms with van der Waals surface area (Å²) in [5.41, 5.74) is 0.658. The molecule has 0 saturated heterocycles. The van der Waals surface area contributed by atoms with Crippen LogP contribution in [0.2, 0.25) is 0 Å². The number of carbonyl (C=O) groups excluding carboxylic acids is 1. The fraction of sp³-hybridized carbons (Fsp3) is 0.333. The Bertz CT molecular complexity index is 612. The molecule has 112 valence electrons. The summed E-state index contributed by atoms with van der Waals surface area (Å²) in [6.45, 7) is 1.81. The molecule has 1 unspecified atom stereocenters. The molecule has 7 nitrogen and oxygen atoms in total. The Balaban J connectivity index is 0.00000400. The molecular weight excluding hydrogens is 311 g/mol. The summed E-state index contributed by atoms with van der Waals surface area (Å²) in [6, 6.07) is 6.44. The van der Waals surface area contributed by atoms with E-state index in [1.165, 1.54) is 6.07 Å². The predicted molar refractivity (Wildman–Crippen MR) is 76.2 cm³/mol. The van der Waals surface area contributed by atoms with Gasteiger partial charge >= 0.3 is 41.5 Å². The van der Waals surface area contributed by atoms with Crippen LogP contribution in [0.25, 0.3) is 0 Å². The van der Waals surface area contributed by atoms with E-state index in [2.05, 4.69) is 0 Å². The number of para-hydroxylation sites is 1. The standard InChI is InChI=1S/C12H14O7S.Na.H/c1-2-8-5-3-4-6-9(8)19-12(15)10(7-11(13)14)20(16,17)18;;/h3-6,10H,2,7H2,1H3,(H,13,14)(H,16,17,18);;. The Morgan fingerprint density at radius 1 is 1.29 bits per heavy atom. The molecular formula is C12H15NaO7S. The van der Waals surface area contributed by atoms with Crippen LogP contribution in [-0.4, -0.2) is 64.8 Å². The third-order valence-corrected chi connectivity index (χ3v) is 3.62. The predicted octanol–water partition coefficient (Wildman–Crippen LogP) is 0.237. The number of esters is 1. The summed E-state index contributed by atoms with van der Waals surface area (Å²) in [5.74, 6) is -2.72. The summed E-state index contributed by atoms with van der Waals surface area (Å²) in [5, 5.41) is 6.43. The normalized spacial score (nSPS) is 12.1. The topological polar surface area (TPSA) is 118 Å². The number of benzene rings is 1. The van der Waals surface area contributed by atoms with Crippen LogP contribution in [0.4, 0.5) is 0 Å². The van der Waals surface area contributed by atoms with Crippen LogP contribution >= 0.6 is 0 Å². The van der Waals surface area contributed by atoms with Crippen molar-refractivity contribution in [3.63, 3.8) is 0 Å². The van der Waals surface area contributed by atoms with E-state index in [1.807, 2.05) is 6.92 Å². The Kier molecular flexibility index (Phi) is 8.12. The molecule has 0 aromatic heterocycles. The van der Waals surface area contributed by atoms with E-state index < -0.39 is 33.7 Å². The van der Waals surface area contributed by atoms with Gasteiger partial charge in [-0.25, -0.2) is 0 Å². The van der Waals surface area contributed by atoms with Gasteiger partial charge in [0.25, 0.3) is 10.1 Å². The first kappa shape index (κ1) is 20.1. The van der Waals surface area contributed by atoms with Gasteiger partial charge in [0.05, 0.1) is 6.42 Å². The number of ether oxygens (including phenoxy) is 1. The van der Waals surface area contributed by atoms with E-state index in [4.69, 9.17) is 14.4 Å². The van der Waals surface area contributed by atoms with Crippen LogP contribution in [-0.2, 0) is 26.1 Å². The molecule has 0 saturated carbocycles. The number of carbonyl (C=O) groups is 2. The fourth-order valence-electron chi connectivity index (χ4n) is 1.54. The Labute approximate surface area is 144 Å². The van der Waals surface area contributed by atoms with Crippen LogP contribution in [0.1, 0.15) is 18.9 Å². The average molecular weight is 326 g/mol. The first-order valence-electron chi connectivity index (χ1n) is 5.73. The Hall–Kier alpha value is -0.930. The third kappa shape index (κ3) is 6.15. The Morgan fingerprint density at radius 3 is 2.33 bits per heavy atom. The van der Waals surface area contributed by atoms with Crippen LogP contribution < -0.4 is 4.74 Å². The van der Waals surface area contributed by atoms with E-state index >= 15 is 0 Å². The van der Waals surface area contributed by atoms with Crippen molar-refractivity contribution < 1.29 is 32.4 Å². The second-order valence-corrected chi connectivity index (χ2v) is 5.58. The van der Waals surface area contributed by atoms with Crippen molar-refractivity contribution in [1.82, 2.24) is 0 Å². The van der Waals surface area contributed by atoms with Crippen LogP contribution in [0.5, 0.6) is 5.75 Å². The molecule has 9 heteroatoms. The van der Waals surface area contributed by atoms with Crippen LogP contribution in [0.15, 0.2) is 24.3 Å². The number of hydrogen-bond donors (Lipinski definition) is 2. The summed E-state index contributed by atoms with van der Waals surface area (Å²) >= 11 is 0. The summed E-state index contributed by atoms with van der Waals surface area (Å²) in [6.07, 6.45) is -0.523. The molecule has 21 heavy (non-hydrogen) atoms. The van der Waals surface area contributed by atoms with Gasteiger partial charge in [0.2, 0.25) is 0 Å². The zero-order valence-corrected chi connectivity index (χ0v) is 11.5. The van der Waals surface area contributed by atoms with E-state index in [1.54, 1.807) is 18.2 Å². The van der Waals surface area contributed by atoms with Crippen molar-refractivity contribution in [3.8, 4) is 5.75 Å². The SMILES string of the molecule is CCc1ccccc1OC(=O)C(CC(=O)O)S(=O)(=O)O.[NaH].